The van der Waals surface area contributed by atoms with Crippen LogP contribution in [0.15, 0.2) is 47.3 Å². The molecule has 0 bridgehead atoms. The lowest BCUT2D eigenvalue weighted by Gasteiger charge is -2.31. The maximum atomic E-state index is 12.6. The highest BCUT2D eigenvalue weighted by Crippen LogP contribution is 2.34. The number of rotatable bonds is 5. The van der Waals surface area contributed by atoms with E-state index in [1.807, 2.05) is 25.1 Å². The number of hydrogen-bond donors (Lipinski definition) is 1. The van der Waals surface area contributed by atoms with Gasteiger partial charge in [-0.15, -0.1) is 0 Å². The first-order valence-electron chi connectivity index (χ1n) is 9.02. The summed E-state index contributed by atoms with van der Waals surface area (Å²) in [5, 5.41) is 7.31. The molecule has 1 aliphatic rings. The molecule has 5 nitrogen and oxygen atoms in total. The SMILES string of the molecule is Cc1ccc(=O)n(CC(=O)N[C@@H](c2ccccc2)C2CCCCC2)n1. The average Bonchev–Trinajstić information content (AvgIpc) is 2.64. The first-order chi connectivity index (χ1) is 12.1. The van der Waals surface area contributed by atoms with Crippen molar-refractivity contribution in [1.29, 1.82) is 0 Å². The van der Waals surface area contributed by atoms with E-state index < -0.39 is 0 Å². The Hall–Kier alpha value is -2.43. The molecule has 1 heterocycles. The zero-order chi connectivity index (χ0) is 17.6. The Balaban J connectivity index is 1.76. The Kier molecular flexibility index (Phi) is 5.64. The number of nitrogens with zero attached hydrogens (tertiary/aromatic N) is 2. The molecule has 1 aliphatic carbocycles. The van der Waals surface area contributed by atoms with E-state index in [1.54, 1.807) is 6.07 Å². The highest BCUT2D eigenvalue weighted by Gasteiger charge is 2.26. The number of carbonyl (C=O) groups is 1. The molecule has 0 saturated heterocycles. The number of benzene rings is 1. The average molecular weight is 339 g/mol. The topological polar surface area (TPSA) is 64.0 Å². The third-order valence-electron chi connectivity index (χ3n) is 4.89. The second kappa shape index (κ2) is 8.10. The third kappa shape index (κ3) is 4.56. The van der Waals surface area contributed by atoms with Crippen molar-refractivity contribution in [3.05, 3.63) is 64.1 Å². The Morgan fingerprint density at radius 2 is 1.88 bits per heavy atom. The van der Waals surface area contributed by atoms with Crippen molar-refractivity contribution in [3.63, 3.8) is 0 Å². The molecule has 1 atom stereocenters. The maximum absolute atomic E-state index is 12.6. The van der Waals surface area contributed by atoms with E-state index in [2.05, 4.69) is 22.5 Å². The summed E-state index contributed by atoms with van der Waals surface area (Å²) in [6, 6.07) is 13.2. The quantitative estimate of drug-likeness (QED) is 0.911. The van der Waals surface area contributed by atoms with Crippen molar-refractivity contribution in [2.75, 3.05) is 0 Å². The van der Waals surface area contributed by atoms with Crippen LogP contribution >= 0.6 is 0 Å². The summed E-state index contributed by atoms with van der Waals surface area (Å²) >= 11 is 0. The lowest BCUT2D eigenvalue weighted by Crippen LogP contribution is -2.38. The van der Waals surface area contributed by atoms with Crippen LogP contribution in [0.2, 0.25) is 0 Å². The molecule has 132 valence electrons. The van der Waals surface area contributed by atoms with Gasteiger partial charge in [-0.2, -0.15) is 5.10 Å². The number of carbonyl (C=O) groups excluding carboxylic acids is 1. The van der Waals surface area contributed by atoms with Crippen LogP contribution in [0.3, 0.4) is 0 Å². The van der Waals surface area contributed by atoms with E-state index in [0.29, 0.717) is 5.92 Å². The van der Waals surface area contributed by atoms with Crippen LogP contribution in [-0.4, -0.2) is 15.7 Å². The molecule has 3 rings (SSSR count). The van der Waals surface area contributed by atoms with Gasteiger partial charge in [-0.25, -0.2) is 4.68 Å². The molecule has 1 fully saturated rings. The Morgan fingerprint density at radius 3 is 2.60 bits per heavy atom. The number of aromatic nitrogens is 2. The van der Waals surface area contributed by atoms with Gasteiger partial charge in [-0.3, -0.25) is 9.59 Å². The zero-order valence-corrected chi connectivity index (χ0v) is 14.6. The third-order valence-corrected chi connectivity index (χ3v) is 4.89. The largest absolute Gasteiger partial charge is 0.347 e. The molecule has 1 amide bonds. The summed E-state index contributed by atoms with van der Waals surface area (Å²) < 4.78 is 1.23. The fraction of sp³-hybridized carbons (Fsp3) is 0.450. The van der Waals surface area contributed by atoms with Crippen molar-refractivity contribution in [1.82, 2.24) is 15.1 Å². The lowest BCUT2D eigenvalue weighted by atomic mass is 9.81. The summed E-state index contributed by atoms with van der Waals surface area (Å²) in [6.07, 6.45) is 5.95. The van der Waals surface area contributed by atoms with Crippen molar-refractivity contribution >= 4 is 5.91 Å². The van der Waals surface area contributed by atoms with Gasteiger partial charge in [-0.05, 0) is 37.3 Å². The molecule has 5 heteroatoms. The van der Waals surface area contributed by atoms with E-state index in [4.69, 9.17) is 0 Å². The van der Waals surface area contributed by atoms with Crippen molar-refractivity contribution in [3.8, 4) is 0 Å². The number of amides is 1. The Bertz CT molecular complexity index is 764. The van der Waals surface area contributed by atoms with Crippen LogP contribution in [0.1, 0.15) is 49.4 Å². The molecule has 1 saturated carbocycles. The normalized spacial score (nSPS) is 16.4. The van der Waals surface area contributed by atoms with Crippen LogP contribution in [0.4, 0.5) is 0 Å². The Morgan fingerprint density at radius 1 is 1.16 bits per heavy atom. The molecule has 1 aromatic carbocycles. The Labute approximate surface area is 148 Å². The van der Waals surface area contributed by atoms with Gasteiger partial charge in [0, 0.05) is 6.07 Å². The first kappa shape index (κ1) is 17.4. The van der Waals surface area contributed by atoms with Gasteiger partial charge in [0.15, 0.2) is 0 Å². The first-order valence-corrected chi connectivity index (χ1v) is 9.02. The van der Waals surface area contributed by atoms with Crippen LogP contribution < -0.4 is 10.9 Å². The van der Waals surface area contributed by atoms with Crippen molar-refractivity contribution < 1.29 is 4.79 Å². The predicted molar refractivity (Wildman–Crippen MR) is 97.1 cm³/mol. The van der Waals surface area contributed by atoms with Crippen molar-refractivity contribution in [2.24, 2.45) is 5.92 Å². The molecule has 25 heavy (non-hydrogen) atoms. The van der Waals surface area contributed by atoms with Gasteiger partial charge >= 0.3 is 0 Å². The number of nitrogens with one attached hydrogen (secondary N) is 1. The second-order valence-electron chi connectivity index (χ2n) is 6.82. The van der Waals surface area contributed by atoms with E-state index in [0.717, 1.165) is 24.1 Å². The van der Waals surface area contributed by atoms with E-state index in [-0.39, 0.29) is 24.1 Å². The fourth-order valence-corrected chi connectivity index (χ4v) is 3.62. The number of hydrogen-bond acceptors (Lipinski definition) is 3. The van der Waals surface area contributed by atoms with E-state index in [1.165, 1.54) is 30.0 Å². The van der Waals surface area contributed by atoms with Crippen LogP contribution in [0.5, 0.6) is 0 Å². The standard InChI is InChI=1S/C20H25N3O2/c1-15-12-13-19(25)23(22-15)14-18(24)21-20(16-8-4-2-5-9-16)17-10-6-3-7-11-17/h2,4-5,8-9,12-13,17,20H,3,6-7,10-11,14H2,1H3,(H,21,24)/t20-/m0/s1. The summed E-state index contributed by atoms with van der Waals surface area (Å²) in [6.45, 7) is 1.76. The maximum Gasteiger partial charge on any atom is 0.267 e. The minimum Gasteiger partial charge on any atom is -0.347 e. The van der Waals surface area contributed by atoms with Gasteiger partial charge in [-0.1, -0.05) is 49.6 Å². The van der Waals surface area contributed by atoms with Gasteiger partial charge in [0.2, 0.25) is 5.91 Å². The predicted octanol–water partition coefficient (Wildman–Crippen LogP) is 2.99. The van der Waals surface area contributed by atoms with Crippen LogP contribution in [0, 0.1) is 12.8 Å². The van der Waals surface area contributed by atoms with Crippen molar-refractivity contribution in [2.45, 2.75) is 51.6 Å². The summed E-state index contributed by atoms with van der Waals surface area (Å²) in [5.41, 5.74) is 1.60. The highest BCUT2D eigenvalue weighted by molar-refractivity contribution is 5.76. The van der Waals surface area contributed by atoms with Crippen LogP contribution in [0.25, 0.3) is 0 Å². The molecule has 0 aliphatic heterocycles. The summed E-state index contributed by atoms with van der Waals surface area (Å²) in [4.78, 5) is 24.5. The van der Waals surface area contributed by atoms with Gasteiger partial charge < -0.3 is 5.32 Å². The molecule has 0 radical (unpaired) electrons. The molecular weight excluding hydrogens is 314 g/mol. The second-order valence-corrected chi connectivity index (χ2v) is 6.82. The highest BCUT2D eigenvalue weighted by atomic mass is 16.2. The molecule has 0 spiro atoms. The molecule has 0 unspecified atom stereocenters. The summed E-state index contributed by atoms with van der Waals surface area (Å²) in [5.74, 6) is 0.280. The molecule has 1 N–H and O–H groups in total. The summed E-state index contributed by atoms with van der Waals surface area (Å²) in [7, 11) is 0. The van der Waals surface area contributed by atoms with Crippen LogP contribution in [-0.2, 0) is 11.3 Å². The monoisotopic (exact) mass is 339 g/mol. The lowest BCUT2D eigenvalue weighted by molar-refractivity contribution is -0.123. The smallest absolute Gasteiger partial charge is 0.267 e. The fourth-order valence-electron chi connectivity index (χ4n) is 3.62. The molecular formula is C20H25N3O2. The van der Waals surface area contributed by atoms with E-state index >= 15 is 0 Å². The van der Waals surface area contributed by atoms with E-state index in [9.17, 15) is 9.59 Å². The van der Waals surface area contributed by atoms with Gasteiger partial charge in [0.1, 0.15) is 6.54 Å². The molecule has 2 aromatic rings. The van der Waals surface area contributed by atoms with Gasteiger partial charge in [0.05, 0.1) is 11.7 Å². The molecule has 1 aromatic heterocycles. The number of aryl methyl sites for hydroxylation is 1. The zero-order valence-electron chi connectivity index (χ0n) is 14.6. The minimum atomic E-state index is -0.255. The van der Waals surface area contributed by atoms with Gasteiger partial charge in [0.25, 0.3) is 5.56 Å². The minimum absolute atomic E-state index is 0.00508.